The van der Waals surface area contributed by atoms with Crippen LogP contribution in [0, 0.1) is 6.92 Å². The minimum absolute atomic E-state index is 0. The molecule has 0 saturated carbocycles. The van der Waals surface area contributed by atoms with Crippen LogP contribution in [0.25, 0.3) is 5.69 Å². The Morgan fingerprint density at radius 2 is 2.07 bits per heavy atom. The number of anilines is 2. The van der Waals surface area contributed by atoms with Crippen molar-refractivity contribution in [3.05, 3.63) is 47.0 Å². The zero-order chi connectivity index (χ0) is 16.5. The lowest BCUT2D eigenvalue weighted by atomic mass is 10.2. The van der Waals surface area contributed by atoms with Crippen molar-refractivity contribution in [2.75, 3.05) is 19.0 Å². The summed E-state index contributed by atoms with van der Waals surface area (Å²) >= 11 is 1.71. The largest absolute Gasteiger partial charge is 0.494 e. The van der Waals surface area contributed by atoms with E-state index in [-0.39, 0.29) is 37.2 Å². The van der Waals surface area contributed by atoms with E-state index >= 15 is 0 Å². The van der Waals surface area contributed by atoms with Gasteiger partial charge in [-0.2, -0.15) is 0 Å². The monoisotopic (exact) mass is 449 g/mol. The van der Waals surface area contributed by atoms with E-state index in [4.69, 9.17) is 9.72 Å². The maximum atomic E-state index is 5.55. The van der Waals surface area contributed by atoms with Crippen molar-refractivity contribution in [1.82, 2.24) is 19.9 Å². The lowest BCUT2D eigenvalue weighted by molar-refractivity contribution is 0.413. The van der Waals surface area contributed by atoms with Gasteiger partial charge in [-0.15, -0.1) is 48.6 Å². The van der Waals surface area contributed by atoms with Crippen LogP contribution in [0.4, 0.5) is 10.8 Å². The fraction of sp³-hybridized carbons (Fsp3) is 0.294. The van der Waals surface area contributed by atoms with E-state index in [1.54, 1.807) is 24.8 Å². The first kappa shape index (κ1) is 23.5. The van der Waals surface area contributed by atoms with Gasteiger partial charge in [0.05, 0.1) is 30.5 Å². The predicted octanol–water partition coefficient (Wildman–Crippen LogP) is 4.30. The van der Waals surface area contributed by atoms with Gasteiger partial charge >= 0.3 is 0 Å². The maximum Gasteiger partial charge on any atom is 0.187 e. The average molecular weight is 451 g/mol. The summed E-state index contributed by atoms with van der Waals surface area (Å²) in [4.78, 5) is 10.3. The van der Waals surface area contributed by atoms with E-state index < -0.39 is 0 Å². The number of fused-ring (bicyclic) bond motifs is 1. The van der Waals surface area contributed by atoms with E-state index in [0.29, 0.717) is 0 Å². The second kappa shape index (κ2) is 10.1. The standard InChI is InChI=1S/C17H19N5OS.3ClH/c1-11-9-22(10-19-11)14-4-3-12(7-15(14)23-2)20-17-21-13-5-6-18-8-16(13)24-17;;;/h3-4,7,9-10,18H,5-6,8H2,1-2H3,(H,20,21);3*1H. The molecule has 1 aliphatic rings. The van der Waals surface area contributed by atoms with Gasteiger partial charge in [-0.25, -0.2) is 9.97 Å². The number of methoxy groups -OCH3 is 1. The van der Waals surface area contributed by atoms with E-state index in [2.05, 4.69) is 15.6 Å². The third-order valence-corrected chi connectivity index (χ3v) is 5.04. The summed E-state index contributed by atoms with van der Waals surface area (Å²) in [5.41, 5.74) is 4.11. The minimum atomic E-state index is 0. The molecule has 3 heterocycles. The van der Waals surface area contributed by atoms with Crippen molar-refractivity contribution >= 4 is 59.4 Å². The number of imidazole rings is 1. The number of ether oxygens (including phenoxy) is 1. The highest BCUT2D eigenvalue weighted by atomic mass is 35.5. The van der Waals surface area contributed by atoms with E-state index in [1.165, 1.54) is 10.6 Å². The fourth-order valence-electron chi connectivity index (χ4n) is 2.82. The number of rotatable bonds is 4. The molecule has 0 radical (unpaired) electrons. The molecular formula is C17H22Cl3N5OS. The molecule has 6 nitrogen and oxygen atoms in total. The van der Waals surface area contributed by atoms with Gasteiger partial charge in [0.25, 0.3) is 0 Å². The second-order valence-corrected chi connectivity index (χ2v) is 6.83. The quantitative estimate of drug-likeness (QED) is 0.620. The molecular weight excluding hydrogens is 429 g/mol. The van der Waals surface area contributed by atoms with Crippen LogP contribution >= 0.6 is 48.6 Å². The summed E-state index contributed by atoms with van der Waals surface area (Å²) in [6, 6.07) is 6.05. The Balaban J connectivity index is 0.00000121. The van der Waals surface area contributed by atoms with Crippen LogP contribution in [0.2, 0.25) is 0 Å². The van der Waals surface area contributed by atoms with Crippen LogP contribution in [-0.2, 0) is 13.0 Å². The van der Waals surface area contributed by atoms with Crippen LogP contribution < -0.4 is 15.4 Å². The second-order valence-electron chi connectivity index (χ2n) is 5.75. The van der Waals surface area contributed by atoms with Gasteiger partial charge < -0.3 is 19.9 Å². The lowest BCUT2D eigenvalue weighted by Gasteiger charge is -2.11. The molecule has 0 spiro atoms. The Kier molecular flexibility index (Phi) is 8.84. The SMILES string of the molecule is COc1cc(Nc2nc3c(s2)CNCC3)ccc1-n1cnc(C)c1.Cl.Cl.Cl. The molecule has 0 saturated heterocycles. The highest BCUT2D eigenvalue weighted by molar-refractivity contribution is 7.15. The van der Waals surface area contributed by atoms with Crippen molar-refractivity contribution in [2.24, 2.45) is 0 Å². The average Bonchev–Trinajstić information content (AvgIpc) is 3.20. The summed E-state index contributed by atoms with van der Waals surface area (Å²) in [6.07, 6.45) is 4.77. The minimum Gasteiger partial charge on any atom is -0.494 e. The van der Waals surface area contributed by atoms with Crippen LogP contribution in [0.1, 0.15) is 16.3 Å². The molecule has 10 heteroatoms. The zero-order valence-electron chi connectivity index (χ0n) is 14.9. The Labute approximate surface area is 181 Å². The van der Waals surface area contributed by atoms with Crippen molar-refractivity contribution in [3.8, 4) is 11.4 Å². The molecule has 0 amide bonds. The Morgan fingerprint density at radius 1 is 1.26 bits per heavy atom. The molecule has 0 unspecified atom stereocenters. The molecule has 2 N–H and O–H groups in total. The number of halogens is 3. The van der Waals surface area contributed by atoms with Crippen molar-refractivity contribution in [2.45, 2.75) is 19.9 Å². The Morgan fingerprint density at radius 3 is 2.74 bits per heavy atom. The van der Waals surface area contributed by atoms with Gasteiger partial charge in [0, 0.05) is 42.3 Å². The van der Waals surface area contributed by atoms with E-state index in [1.807, 2.05) is 35.9 Å². The summed E-state index contributed by atoms with van der Waals surface area (Å²) < 4.78 is 7.52. The number of benzene rings is 1. The normalized spacial score (nSPS) is 12.1. The molecule has 27 heavy (non-hydrogen) atoms. The third-order valence-electron chi connectivity index (χ3n) is 4.02. The first-order valence-electron chi connectivity index (χ1n) is 7.88. The van der Waals surface area contributed by atoms with Crippen LogP contribution in [0.15, 0.2) is 30.7 Å². The first-order chi connectivity index (χ1) is 11.7. The summed E-state index contributed by atoms with van der Waals surface area (Å²) in [5, 5.41) is 7.70. The molecule has 0 atom stereocenters. The number of aryl methyl sites for hydroxylation is 1. The smallest absolute Gasteiger partial charge is 0.187 e. The van der Waals surface area contributed by atoms with Gasteiger partial charge in [-0.3, -0.25) is 0 Å². The number of hydrogen-bond donors (Lipinski definition) is 2. The zero-order valence-corrected chi connectivity index (χ0v) is 18.2. The molecule has 1 aromatic carbocycles. The van der Waals surface area contributed by atoms with Crippen LogP contribution in [0.3, 0.4) is 0 Å². The molecule has 0 bridgehead atoms. The highest BCUT2D eigenvalue weighted by Crippen LogP contribution is 2.31. The van der Waals surface area contributed by atoms with Gasteiger partial charge in [0.15, 0.2) is 5.13 Å². The molecule has 4 rings (SSSR count). The molecule has 2 aromatic heterocycles. The summed E-state index contributed by atoms with van der Waals surface area (Å²) in [7, 11) is 1.68. The van der Waals surface area contributed by atoms with Crippen molar-refractivity contribution in [1.29, 1.82) is 0 Å². The fourth-order valence-corrected chi connectivity index (χ4v) is 3.82. The topological polar surface area (TPSA) is 64.0 Å². The van der Waals surface area contributed by atoms with Gasteiger partial charge in [0.1, 0.15) is 5.75 Å². The molecule has 148 valence electrons. The van der Waals surface area contributed by atoms with Gasteiger partial charge in [-0.05, 0) is 19.1 Å². The number of aromatic nitrogens is 3. The van der Waals surface area contributed by atoms with Crippen molar-refractivity contribution < 1.29 is 4.74 Å². The van der Waals surface area contributed by atoms with Crippen LogP contribution in [-0.4, -0.2) is 28.2 Å². The lowest BCUT2D eigenvalue weighted by Crippen LogP contribution is -2.22. The molecule has 3 aromatic rings. The number of nitrogens with one attached hydrogen (secondary N) is 2. The third kappa shape index (κ3) is 5.06. The predicted molar refractivity (Wildman–Crippen MR) is 117 cm³/mol. The Bertz CT molecular complexity index is 860. The van der Waals surface area contributed by atoms with Gasteiger partial charge in [0.2, 0.25) is 0 Å². The number of nitrogens with zero attached hydrogens (tertiary/aromatic N) is 3. The van der Waals surface area contributed by atoms with Gasteiger partial charge in [-0.1, -0.05) is 0 Å². The van der Waals surface area contributed by atoms with Crippen LogP contribution in [0.5, 0.6) is 5.75 Å². The number of hydrogen-bond acceptors (Lipinski definition) is 6. The van der Waals surface area contributed by atoms with E-state index in [9.17, 15) is 0 Å². The maximum absolute atomic E-state index is 5.55. The van der Waals surface area contributed by atoms with Crippen molar-refractivity contribution in [3.63, 3.8) is 0 Å². The Hall–Kier alpha value is -1.51. The highest BCUT2D eigenvalue weighted by Gasteiger charge is 2.15. The first-order valence-corrected chi connectivity index (χ1v) is 8.70. The number of thiazole rings is 1. The van der Waals surface area contributed by atoms with E-state index in [0.717, 1.165) is 47.5 Å². The summed E-state index contributed by atoms with van der Waals surface area (Å²) in [6.45, 7) is 3.89. The molecule has 1 aliphatic heterocycles. The summed E-state index contributed by atoms with van der Waals surface area (Å²) in [5.74, 6) is 0.792. The molecule has 0 fully saturated rings. The molecule has 0 aliphatic carbocycles.